The molecule has 1 aliphatic rings. The highest BCUT2D eigenvalue weighted by Gasteiger charge is 2.26. The van der Waals surface area contributed by atoms with Gasteiger partial charge in [-0.05, 0) is 6.92 Å². The lowest BCUT2D eigenvalue weighted by molar-refractivity contribution is 0.0546. The summed E-state index contributed by atoms with van der Waals surface area (Å²) in [6.07, 6.45) is 2.28. The fourth-order valence-corrected chi connectivity index (χ4v) is 1.78. The maximum Gasteiger partial charge on any atom is 0.409 e. The lowest BCUT2D eigenvalue weighted by Crippen LogP contribution is -2.50. The minimum Gasteiger partial charge on any atom is -0.450 e. The van der Waals surface area contributed by atoms with Gasteiger partial charge in [-0.2, -0.15) is 0 Å². The van der Waals surface area contributed by atoms with E-state index in [0.717, 1.165) is 0 Å². The van der Waals surface area contributed by atoms with Crippen LogP contribution in [0.4, 0.5) is 4.79 Å². The second kappa shape index (κ2) is 5.52. The zero-order valence-electron chi connectivity index (χ0n) is 10.2. The molecule has 0 aromatic carbocycles. The molecule has 0 spiro atoms. The Bertz CT molecular complexity index is 410. The van der Waals surface area contributed by atoms with Gasteiger partial charge in [-0.1, -0.05) is 0 Å². The van der Waals surface area contributed by atoms with Crippen molar-refractivity contribution >= 4 is 12.0 Å². The molecule has 1 aromatic rings. The lowest BCUT2D eigenvalue weighted by atomic mass is 10.3. The second-order valence-corrected chi connectivity index (χ2v) is 3.84. The molecule has 0 aliphatic carbocycles. The van der Waals surface area contributed by atoms with Gasteiger partial charge in [0.15, 0.2) is 6.39 Å². The summed E-state index contributed by atoms with van der Waals surface area (Å²) in [5, 5.41) is 0. The van der Waals surface area contributed by atoms with E-state index in [0.29, 0.717) is 32.8 Å². The largest absolute Gasteiger partial charge is 0.450 e. The first kappa shape index (κ1) is 12.4. The van der Waals surface area contributed by atoms with E-state index >= 15 is 0 Å². The Balaban J connectivity index is 1.87. The minimum absolute atomic E-state index is 0.198. The van der Waals surface area contributed by atoms with Gasteiger partial charge in [-0.25, -0.2) is 9.78 Å². The molecule has 2 amide bonds. The molecule has 18 heavy (non-hydrogen) atoms. The third-order valence-electron chi connectivity index (χ3n) is 2.74. The van der Waals surface area contributed by atoms with E-state index < -0.39 is 0 Å². The average molecular weight is 253 g/mol. The molecule has 2 heterocycles. The van der Waals surface area contributed by atoms with Crippen LogP contribution < -0.4 is 0 Å². The van der Waals surface area contributed by atoms with Gasteiger partial charge in [0.05, 0.1) is 12.8 Å². The molecular weight excluding hydrogens is 238 g/mol. The summed E-state index contributed by atoms with van der Waals surface area (Å²) in [7, 11) is 0. The van der Waals surface area contributed by atoms with Gasteiger partial charge in [0.2, 0.25) is 5.76 Å². The Labute approximate surface area is 104 Å². The van der Waals surface area contributed by atoms with E-state index in [1.807, 2.05) is 0 Å². The Morgan fingerprint density at radius 1 is 1.33 bits per heavy atom. The number of carbonyl (C=O) groups excluding carboxylic acids is 2. The summed E-state index contributed by atoms with van der Waals surface area (Å²) in [4.78, 5) is 30.3. The van der Waals surface area contributed by atoms with Crippen molar-refractivity contribution in [3.63, 3.8) is 0 Å². The maximum absolute atomic E-state index is 11.9. The fourth-order valence-electron chi connectivity index (χ4n) is 1.78. The van der Waals surface area contributed by atoms with Crippen molar-refractivity contribution in [2.24, 2.45) is 0 Å². The Morgan fingerprint density at radius 2 is 2.00 bits per heavy atom. The van der Waals surface area contributed by atoms with Crippen molar-refractivity contribution in [2.75, 3.05) is 32.8 Å². The third kappa shape index (κ3) is 2.61. The van der Waals surface area contributed by atoms with Crippen molar-refractivity contribution in [3.05, 3.63) is 18.4 Å². The molecule has 0 N–H and O–H groups in total. The van der Waals surface area contributed by atoms with Crippen molar-refractivity contribution in [1.29, 1.82) is 0 Å². The standard InChI is InChI=1S/C11H15N3O4/c1-2-17-11(16)14-5-3-13(4-6-14)10(15)9-7-12-8-18-9/h7-8H,2-6H2,1H3. The van der Waals surface area contributed by atoms with Crippen LogP contribution in [0, 0.1) is 0 Å². The molecule has 1 aliphatic heterocycles. The molecule has 2 rings (SSSR count). The van der Waals surface area contributed by atoms with Crippen LogP contribution in [0.2, 0.25) is 0 Å². The number of hydrogen-bond acceptors (Lipinski definition) is 5. The topological polar surface area (TPSA) is 75.9 Å². The van der Waals surface area contributed by atoms with E-state index in [4.69, 9.17) is 9.15 Å². The van der Waals surface area contributed by atoms with Gasteiger partial charge in [0.25, 0.3) is 5.91 Å². The highest BCUT2D eigenvalue weighted by atomic mass is 16.6. The van der Waals surface area contributed by atoms with Crippen LogP contribution in [-0.2, 0) is 4.74 Å². The number of carbonyl (C=O) groups is 2. The smallest absolute Gasteiger partial charge is 0.409 e. The number of amides is 2. The first-order valence-corrected chi connectivity index (χ1v) is 5.82. The molecule has 1 fully saturated rings. The molecular formula is C11H15N3O4. The fraction of sp³-hybridized carbons (Fsp3) is 0.545. The van der Waals surface area contributed by atoms with Crippen LogP contribution in [0.3, 0.4) is 0 Å². The third-order valence-corrected chi connectivity index (χ3v) is 2.74. The summed E-state index contributed by atoms with van der Waals surface area (Å²) in [5.74, 6) is 0.0237. The summed E-state index contributed by atoms with van der Waals surface area (Å²) in [5.41, 5.74) is 0. The molecule has 0 atom stereocenters. The second-order valence-electron chi connectivity index (χ2n) is 3.84. The monoisotopic (exact) mass is 253 g/mol. The normalized spacial score (nSPS) is 15.6. The van der Waals surface area contributed by atoms with Crippen LogP contribution in [0.15, 0.2) is 17.0 Å². The van der Waals surface area contributed by atoms with Crippen LogP contribution in [0.1, 0.15) is 17.5 Å². The SMILES string of the molecule is CCOC(=O)N1CCN(C(=O)c2cnco2)CC1. The highest BCUT2D eigenvalue weighted by Crippen LogP contribution is 2.09. The van der Waals surface area contributed by atoms with Gasteiger partial charge in [0, 0.05) is 26.2 Å². The van der Waals surface area contributed by atoms with Gasteiger partial charge in [-0.15, -0.1) is 0 Å². The number of piperazine rings is 1. The average Bonchev–Trinajstić information content (AvgIpc) is 2.92. The molecule has 0 radical (unpaired) electrons. The first-order valence-electron chi connectivity index (χ1n) is 5.82. The molecule has 0 unspecified atom stereocenters. The van der Waals surface area contributed by atoms with Crippen molar-refractivity contribution < 1.29 is 18.7 Å². The highest BCUT2D eigenvalue weighted by molar-refractivity contribution is 5.91. The number of nitrogens with zero attached hydrogens (tertiary/aromatic N) is 3. The van der Waals surface area contributed by atoms with Gasteiger partial charge < -0.3 is 19.0 Å². The zero-order valence-corrected chi connectivity index (χ0v) is 10.2. The van der Waals surface area contributed by atoms with E-state index in [1.54, 1.807) is 16.7 Å². The van der Waals surface area contributed by atoms with Gasteiger partial charge in [-0.3, -0.25) is 4.79 Å². The van der Waals surface area contributed by atoms with Crippen LogP contribution in [0.25, 0.3) is 0 Å². The first-order chi connectivity index (χ1) is 8.72. The summed E-state index contributed by atoms with van der Waals surface area (Å²) < 4.78 is 9.86. The van der Waals surface area contributed by atoms with Crippen LogP contribution in [0.5, 0.6) is 0 Å². The molecule has 1 aromatic heterocycles. The van der Waals surface area contributed by atoms with Gasteiger partial charge in [0.1, 0.15) is 0 Å². The predicted molar refractivity (Wildman–Crippen MR) is 61.0 cm³/mol. The summed E-state index contributed by atoms with van der Waals surface area (Å²) in [6, 6.07) is 0. The summed E-state index contributed by atoms with van der Waals surface area (Å²) >= 11 is 0. The number of rotatable bonds is 2. The van der Waals surface area contributed by atoms with E-state index in [1.165, 1.54) is 12.6 Å². The molecule has 7 nitrogen and oxygen atoms in total. The van der Waals surface area contributed by atoms with Crippen molar-refractivity contribution in [3.8, 4) is 0 Å². The molecule has 1 saturated heterocycles. The number of aromatic nitrogens is 1. The lowest BCUT2D eigenvalue weighted by Gasteiger charge is -2.33. The Kier molecular flexibility index (Phi) is 3.81. The van der Waals surface area contributed by atoms with Crippen LogP contribution in [-0.4, -0.2) is 59.6 Å². The summed E-state index contributed by atoms with van der Waals surface area (Å²) in [6.45, 7) is 4.01. The quantitative estimate of drug-likeness (QED) is 0.771. The predicted octanol–water partition coefficient (Wildman–Crippen LogP) is 0.589. The number of oxazole rings is 1. The molecule has 7 heteroatoms. The maximum atomic E-state index is 11.9. The van der Waals surface area contributed by atoms with Crippen LogP contribution >= 0.6 is 0 Å². The van der Waals surface area contributed by atoms with Crippen molar-refractivity contribution in [2.45, 2.75) is 6.92 Å². The number of hydrogen-bond donors (Lipinski definition) is 0. The van der Waals surface area contributed by atoms with Crippen molar-refractivity contribution in [1.82, 2.24) is 14.8 Å². The Morgan fingerprint density at radius 3 is 2.56 bits per heavy atom. The van der Waals surface area contributed by atoms with E-state index in [9.17, 15) is 9.59 Å². The molecule has 98 valence electrons. The number of ether oxygens (including phenoxy) is 1. The minimum atomic E-state index is -0.329. The molecule has 0 saturated carbocycles. The Hall–Kier alpha value is -2.05. The van der Waals surface area contributed by atoms with E-state index in [2.05, 4.69) is 4.98 Å². The van der Waals surface area contributed by atoms with Gasteiger partial charge >= 0.3 is 6.09 Å². The molecule has 0 bridgehead atoms. The van der Waals surface area contributed by atoms with E-state index in [-0.39, 0.29) is 17.8 Å². The zero-order chi connectivity index (χ0) is 13.0.